The molecular weight excluding hydrogens is 175 g/mol. The van der Waals surface area contributed by atoms with E-state index in [2.05, 4.69) is 6.42 Å². The topological polar surface area (TPSA) is 26.0 Å². The molecule has 1 aliphatic carbocycles. The number of hydrogen-bond donors (Lipinski definition) is 1. The molecule has 1 atom stereocenters. The van der Waals surface area contributed by atoms with Crippen LogP contribution >= 0.6 is 0 Å². The van der Waals surface area contributed by atoms with E-state index in [4.69, 9.17) is 5.73 Å². The van der Waals surface area contributed by atoms with E-state index < -0.39 is 0 Å². The summed E-state index contributed by atoms with van der Waals surface area (Å²) in [6.45, 7) is 0. The number of rotatable bonds is 0. The Morgan fingerprint density at radius 2 is 2.12 bits per heavy atom. The Morgan fingerprint density at radius 1 is 1.38 bits per heavy atom. The van der Waals surface area contributed by atoms with Gasteiger partial charge in [0.2, 0.25) is 0 Å². The molecule has 1 fully saturated rings. The Bertz CT molecular complexity index is 50.5. The SMILES string of the molecule is NC1[CH-]CCCC1.[Y]. The van der Waals surface area contributed by atoms with Gasteiger partial charge in [-0.25, -0.2) is 0 Å². The molecule has 0 heterocycles. The van der Waals surface area contributed by atoms with Gasteiger partial charge in [-0.2, -0.15) is 6.42 Å². The molecule has 8 heavy (non-hydrogen) atoms. The Kier molecular flexibility index (Phi) is 5.55. The Morgan fingerprint density at radius 3 is 2.38 bits per heavy atom. The summed E-state index contributed by atoms with van der Waals surface area (Å²) >= 11 is 0. The fraction of sp³-hybridized carbons (Fsp3) is 0.833. The summed E-state index contributed by atoms with van der Waals surface area (Å²) in [7, 11) is 0. The van der Waals surface area contributed by atoms with Crippen LogP contribution in [0.25, 0.3) is 0 Å². The van der Waals surface area contributed by atoms with Crippen molar-refractivity contribution >= 4 is 0 Å². The van der Waals surface area contributed by atoms with Crippen molar-refractivity contribution in [3.63, 3.8) is 0 Å². The molecule has 0 saturated heterocycles. The fourth-order valence-corrected chi connectivity index (χ4v) is 0.974. The first kappa shape index (κ1) is 9.06. The van der Waals surface area contributed by atoms with Gasteiger partial charge in [0.25, 0.3) is 0 Å². The smallest absolute Gasteiger partial charge is 0 e. The van der Waals surface area contributed by atoms with Gasteiger partial charge in [-0.1, -0.05) is 19.3 Å². The maximum absolute atomic E-state index is 5.58. The van der Waals surface area contributed by atoms with Crippen molar-refractivity contribution in [2.24, 2.45) is 5.73 Å². The maximum Gasteiger partial charge on any atom is 0 e. The van der Waals surface area contributed by atoms with Crippen molar-refractivity contribution in [1.82, 2.24) is 0 Å². The van der Waals surface area contributed by atoms with Crippen LogP contribution in [0.15, 0.2) is 0 Å². The summed E-state index contributed by atoms with van der Waals surface area (Å²) in [5.74, 6) is 0. The maximum atomic E-state index is 5.58. The molecule has 1 saturated carbocycles. The van der Waals surface area contributed by atoms with Crippen LogP contribution in [0.5, 0.6) is 0 Å². The molecule has 2 N–H and O–H groups in total. The quantitative estimate of drug-likeness (QED) is 0.564. The molecule has 1 nitrogen and oxygen atoms in total. The Balaban J connectivity index is 0.000000490. The first-order chi connectivity index (χ1) is 3.39. The summed E-state index contributed by atoms with van der Waals surface area (Å²) < 4.78 is 0. The zero-order chi connectivity index (χ0) is 5.11. The van der Waals surface area contributed by atoms with Gasteiger partial charge in [-0.3, -0.25) is 0 Å². The minimum Gasteiger partial charge on any atom is -0.357 e. The molecule has 0 spiro atoms. The molecule has 1 aliphatic rings. The average molecular weight is 187 g/mol. The second kappa shape index (κ2) is 4.90. The molecule has 0 aromatic rings. The zero-order valence-corrected chi connectivity index (χ0v) is 7.98. The van der Waals surface area contributed by atoms with Crippen molar-refractivity contribution in [3.05, 3.63) is 6.42 Å². The molecular formula is C6H12NY-. The Labute approximate surface area is 76.3 Å². The van der Waals surface area contributed by atoms with Crippen molar-refractivity contribution in [1.29, 1.82) is 0 Å². The van der Waals surface area contributed by atoms with Gasteiger partial charge in [0.1, 0.15) is 0 Å². The van der Waals surface area contributed by atoms with E-state index in [0.29, 0.717) is 6.04 Å². The van der Waals surface area contributed by atoms with E-state index in [1.54, 1.807) is 0 Å². The van der Waals surface area contributed by atoms with Gasteiger partial charge in [-0.05, 0) is 0 Å². The summed E-state index contributed by atoms with van der Waals surface area (Å²) in [5.41, 5.74) is 5.58. The molecule has 1 rings (SSSR count). The Hall–Kier alpha value is 1.06. The van der Waals surface area contributed by atoms with Crippen molar-refractivity contribution < 1.29 is 32.7 Å². The van der Waals surface area contributed by atoms with Gasteiger partial charge in [-0.15, -0.1) is 6.04 Å². The molecule has 0 amide bonds. The van der Waals surface area contributed by atoms with E-state index >= 15 is 0 Å². The second-order valence-corrected chi connectivity index (χ2v) is 2.18. The molecule has 0 bridgehead atoms. The molecule has 45 valence electrons. The van der Waals surface area contributed by atoms with Gasteiger partial charge in [0, 0.05) is 32.7 Å². The van der Waals surface area contributed by atoms with Crippen LogP contribution in [-0.4, -0.2) is 6.04 Å². The van der Waals surface area contributed by atoms with Crippen LogP contribution in [-0.2, 0) is 32.7 Å². The third-order valence-electron chi connectivity index (χ3n) is 1.46. The van der Waals surface area contributed by atoms with E-state index in [1.807, 2.05) is 0 Å². The summed E-state index contributed by atoms with van der Waals surface area (Å²) in [6.07, 6.45) is 7.34. The first-order valence-corrected chi connectivity index (χ1v) is 2.98. The van der Waals surface area contributed by atoms with Gasteiger partial charge >= 0.3 is 0 Å². The minimum absolute atomic E-state index is 0. The van der Waals surface area contributed by atoms with Gasteiger partial charge in [0.05, 0.1) is 0 Å². The third kappa shape index (κ3) is 3.16. The van der Waals surface area contributed by atoms with Gasteiger partial charge < -0.3 is 12.2 Å². The molecule has 0 aromatic carbocycles. The van der Waals surface area contributed by atoms with E-state index in [-0.39, 0.29) is 32.7 Å². The molecule has 0 aromatic heterocycles. The van der Waals surface area contributed by atoms with Crippen LogP contribution in [0.4, 0.5) is 0 Å². The van der Waals surface area contributed by atoms with Crippen LogP contribution < -0.4 is 5.73 Å². The van der Waals surface area contributed by atoms with Crippen LogP contribution in [0.2, 0.25) is 0 Å². The number of nitrogens with two attached hydrogens (primary N) is 1. The van der Waals surface area contributed by atoms with E-state index in [0.717, 1.165) is 0 Å². The van der Waals surface area contributed by atoms with Crippen molar-refractivity contribution in [2.45, 2.75) is 31.7 Å². The fourth-order valence-electron chi connectivity index (χ4n) is 0.974. The van der Waals surface area contributed by atoms with Crippen LogP contribution in [0, 0.1) is 6.42 Å². The summed E-state index contributed by atoms with van der Waals surface area (Å²) in [6, 6.07) is 0.411. The normalized spacial score (nSPS) is 28.9. The predicted octanol–water partition coefficient (Wildman–Crippen LogP) is 1.09. The zero-order valence-electron chi connectivity index (χ0n) is 5.14. The standard InChI is InChI=1S/C6H12N.Y/c7-6-4-2-1-3-5-6;/h4,6H,1-3,5,7H2;/q-1;. The van der Waals surface area contributed by atoms with Crippen molar-refractivity contribution in [2.75, 3.05) is 0 Å². The van der Waals surface area contributed by atoms with Gasteiger partial charge in [0.15, 0.2) is 0 Å². The largest absolute Gasteiger partial charge is 0.357 e. The molecule has 0 aliphatic heterocycles. The first-order valence-electron chi connectivity index (χ1n) is 2.98. The monoisotopic (exact) mass is 187 g/mol. The molecule has 2 heteroatoms. The molecule has 1 unspecified atom stereocenters. The third-order valence-corrected chi connectivity index (χ3v) is 1.46. The molecule has 1 radical (unpaired) electrons. The predicted molar refractivity (Wildman–Crippen MR) is 30.7 cm³/mol. The second-order valence-electron chi connectivity index (χ2n) is 2.18. The average Bonchev–Trinajstić information content (AvgIpc) is 1.69. The summed E-state index contributed by atoms with van der Waals surface area (Å²) in [4.78, 5) is 0. The minimum atomic E-state index is 0. The van der Waals surface area contributed by atoms with Crippen LogP contribution in [0.3, 0.4) is 0 Å². The van der Waals surface area contributed by atoms with Crippen molar-refractivity contribution in [3.8, 4) is 0 Å². The number of hydrogen-bond acceptors (Lipinski definition) is 1. The van der Waals surface area contributed by atoms with E-state index in [1.165, 1.54) is 25.7 Å². The summed E-state index contributed by atoms with van der Waals surface area (Å²) in [5, 5.41) is 0. The van der Waals surface area contributed by atoms with E-state index in [9.17, 15) is 0 Å². The van der Waals surface area contributed by atoms with Crippen LogP contribution in [0.1, 0.15) is 25.7 Å².